The maximum absolute atomic E-state index is 13.6. The first kappa shape index (κ1) is 23.2. The Morgan fingerprint density at radius 3 is 2.42 bits per heavy atom. The molecule has 0 aliphatic rings. The number of sulfone groups is 1. The lowest BCUT2D eigenvalue weighted by molar-refractivity contribution is -0.113. The first-order valence-electron chi connectivity index (χ1n) is 8.24. The van der Waals surface area contributed by atoms with Crippen LogP contribution in [0.4, 0.5) is 14.5 Å². The Labute approximate surface area is 188 Å². The molecule has 0 atom stereocenters. The van der Waals surface area contributed by atoms with Crippen molar-refractivity contribution in [3.8, 4) is 0 Å². The second kappa shape index (κ2) is 9.35. The van der Waals surface area contributed by atoms with Gasteiger partial charge in [-0.25, -0.2) is 22.2 Å². The number of aromatic amines is 1. The standard InChI is InChI=1S/C18H11Cl2F2N3O4S2/c19-9-3-10(20)5-12(4-9)31(28,29)15-7-23-18(25-17(15)27)30-8-16(26)24-14-2-1-11(21)6-13(14)22/h1-7H,8H2,(H,24,26)(H,23,25,27). The lowest BCUT2D eigenvalue weighted by Gasteiger charge is -2.07. The molecule has 13 heteroatoms. The number of carbonyl (C=O) groups is 1. The minimum absolute atomic E-state index is 0.0391. The van der Waals surface area contributed by atoms with Gasteiger partial charge < -0.3 is 10.3 Å². The normalized spacial score (nSPS) is 11.4. The number of nitrogens with zero attached hydrogens (tertiary/aromatic N) is 1. The van der Waals surface area contributed by atoms with Crippen LogP contribution in [0.2, 0.25) is 10.0 Å². The van der Waals surface area contributed by atoms with Crippen LogP contribution in [0.1, 0.15) is 0 Å². The molecule has 0 spiro atoms. The van der Waals surface area contributed by atoms with Crippen molar-refractivity contribution in [1.82, 2.24) is 9.97 Å². The van der Waals surface area contributed by atoms with Gasteiger partial charge in [0.15, 0.2) is 10.1 Å². The zero-order valence-corrected chi connectivity index (χ0v) is 18.3. The van der Waals surface area contributed by atoms with Crippen LogP contribution in [0, 0.1) is 11.6 Å². The monoisotopic (exact) mass is 505 g/mol. The maximum atomic E-state index is 13.6. The summed E-state index contributed by atoms with van der Waals surface area (Å²) in [4.78, 5) is 29.5. The van der Waals surface area contributed by atoms with Crippen molar-refractivity contribution >= 4 is 56.4 Å². The molecule has 0 saturated heterocycles. The van der Waals surface area contributed by atoms with Crippen LogP contribution < -0.4 is 10.9 Å². The molecule has 2 N–H and O–H groups in total. The number of H-pyrrole nitrogens is 1. The molecule has 3 rings (SSSR count). The maximum Gasteiger partial charge on any atom is 0.270 e. The largest absolute Gasteiger partial charge is 0.323 e. The predicted molar refractivity (Wildman–Crippen MR) is 112 cm³/mol. The van der Waals surface area contributed by atoms with Gasteiger partial charge in [-0.3, -0.25) is 9.59 Å². The van der Waals surface area contributed by atoms with E-state index in [0.717, 1.165) is 42.2 Å². The molecule has 1 amide bonds. The third-order valence-corrected chi connectivity index (χ3v) is 6.77. The van der Waals surface area contributed by atoms with Gasteiger partial charge in [0.25, 0.3) is 5.56 Å². The molecule has 0 fully saturated rings. The average molecular weight is 506 g/mol. The van der Waals surface area contributed by atoms with Crippen molar-refractivity contribution in [2.24, 2.45) is 0 Å². The minimum atomic E-state index is -4.25. The van der Waals surface area contributed by atoms with E-state index in [4.69, 9.17) is 23.2 Å². The van der Waals surface area contributed by atoms with Gasteiger partial charge in [0.2, 0.25) is 15.7 Å². The molecule has 0 unspecified atom stereocenters. The summed E-state index contributed by atoms with van der Waals surface area (Å²) in [6.45, 7) is 0. The lowest BCUT2D eigenvalue weighted by atomic mass is 10.3. The number of aromatic nitrogens is 2. The van der Waals surface area contributed by atoms with Crippen molar-refractivity contribution in [3.05, 3.63) is 74.6 Å². The van der Waals surface area contributed by atoms with Gasteiger partial charge in [-0.05, 0) is 30.3 Å². The van der Waals surface area contributed by atoms with E-state index < -0.39 is 37.8 Å². The molecule has 7 nitrogen and oxygen atoms in total. The molecule has 0 aliphatic heterocycles. The molecule has 3 aromatic rings. The van der Waals surface area contributed by atoms with Crippen LogP contribution in [0.5, 0.6) is 0 Å². The predicted octanol–water partition coefficient (Wildman–Crippen LogP) is 3.92. The van der Waals surface area contributed by atoms with E-state index >= 15 is 0 Å². The Bertz CT molecular complexity index is 1310. The Balaban J connectivity index is 1.73. The van der Waals surface area contributed by atoms with Crippen LogP contribution in [-0.2, 0) is 14.6 Å². The Hall–Kier alpha value is -2.47. The molecule has 1 aromatic heterocycles. The van der Waals surface area contributed by atoms with Crippen LogP contribution in [-0.4, -0.2) is 30.0 Å². The van der Waals surface area contributed by atoms with Crippen LogP contribution in [0.3, 0.4) is 0 Å². The number of hydrogen-bond acceptors (Lipinski definition) is 6. The van der Waals surface area contributed by atoms with Crippen molar-refractivity contribution in [1.29, 1.82) is 0 Å². The number of amides is 1. The third kappa shape index (κ3) is 5.62. The highest BCUT2D eigenvalue weighted by Crippen LogP contribution is 2.26. The number of thioether (sulfide) groups is 1. The topological polar surface area (TPSA) is 109 Å². The smallest absolute Gasteiger partial charge is 0.270 e. The van der Waals surface area contributed by atoms with E-state index in [0.29, 0.717) is 6.07 Å². The van der Waals surface area contributed by atoms with Gasteiger partial charge in [-0.1, -0.05) is 35.0 Å². The van der Waals surface area contributed by atoms with Crippen LogP contribution in [0.25, 0.3) is 0 Å². The SMILES string of the molecule is O=C(CSc1ncc(S(=O)(=O)c2cc(Cl)cc(Cl)c2)c(=O)[nH]1)Nc1ccc(F)cc1F. The molecule has 162 valence electrons. The van der Waals surface area contributed by atoms with E-state index in [-0.39, 0.29) is 31.5 Å². The number of carbonyl (C=O) groups excluding carboxylic acids is 1. The number of nitrogens with one attached hydrogen (secondary N) is 2. The summed E-state index contributed by atoms with van der Waals surface area (Å²) < 4.78 is 51.9. The summed E-state index contributed by atoms with van der Waals surface area (Å²) in [6, 6.07) is 6.29. The van der Waals surface area contributed by atoms with Crippen LogP contribution >= 0.6 is 35.0 Å². The fourth-order valence-corrected chi connectivity index (χ4v) is 4.95. The highest BCUT2D eigenvalue weighted by molar-refractivity contribution is 7.99. The molecule has 0 aliphatic carbocycles. The minimum Gasteiger partial charge on any atom is -0.323 e. The van der Waals surface area contributed by atoms with Gasteiger partial charge in [-0.15, -0.1) is 0 Å². The first-order valence-corrected chi connectivity index (χ1v) is 11.5. The van der Waals surface area contributed by atoms with Gasteiger partial charge in [-0.2, -0.15) is 0 Å². The molecule has 2 aromatic carbocycles. The molecule has 31 heavy (non-hydrogen) atoms. The van der Waals surface area contributed by atoms with E-state index in [1.807, 2.05) is 0 Å². The fourth-order valence-electron chi connectivity index (χ4n) is 2.35. The Kier molecular flexibility index (Phi) is 6.99. The Morgan fingerprint density at radius 1 is 1.13 bits per heavy atom. The quantitative estimate of drug-likeness (QED) is 0.388. The number of benzene rings is 2. The van der Waals surface area contributed by atoms with Gasteiger partial charge >= 0.3 is 0 Å². The summed E-state index contributed by atoms with van der Waals surface area (Å²) in [5.41, 5.74) is -1.17. The zero-order valence-electron chi connectivity index (χ0n) is 15.2. The lowest BCUT2D eigenvalue weighted by Crippen LogP contribution is -2.20. The molecular weight excluding hydrogens is 495 g/mol. The number of rotatable bonds is 6. The van der Waals surface area contributed by atoms with E-state index in [9.17, 15) is 26.8 Å². The van der Waals surface area contributed by atoms with Gasteiger partial charge in [0, 0.05) is 16.1 Å². The van der Waals surface area contributed by atoms with Crippen molar-refractivity contribution < 1.29 is 22.0 Å². The molecule has 0 saturated carbocycles. The van der Waals surface area contributed by atoms with E-state index in [1.165, 1.54) is 6.07 Å². The molecular formula is C18H11Cl2F2N3O4S2. The van der Waals surface area contributed by atoms with E-state index in [1.54, 1.807) is 0 Å². The number of hydrogen-bond donors (Lipinski definition) is 2. The highest BCUT2D eigenvalue weighted by Gasteiger charge is 2.23. The van der Waals surface area contributed by atoms with Crippen molar-refractivity contribution in [2.75, 3.05) is 11.1 Å². The number of anilines is 1. The van der Waals surface area contributed by atoms with Crippen molar-refractivity contribution in [2.45, 2.75) is 14.9 Å². The molecule has 1 heterocycles. The third-order valence-electron chi connectivity index (χ3n) is 3.72. The van der Waals surface area contributed by atoms with Crippen LogP contribution in [0.15, 0.2) is 62.3 Å². The second-order valence-corrected chi connectivity index (χ2v) is 9.71. The summed E-state index contributed by atoms with van der Waals surface area (Å²) in [5.74, 6) is -2.67. The summed E-state index contributed by atoms with van der Waals surface area (Å²) in [6.07, 6.45) is 0.850. The van der Waals surface area contributed by atoms with Crippen molar-refractivity contribution in [3.63, 3.8) is 0 Å². The number of halogens is 4. The second-order valence-electron chi connectivity index (χ2n) is 5.95. The summed E-state index contributed by atoms with van der Waals surface area (Å²) in [7, 11) is -4.25. The van der Waals surface area contributed by atoms with Gasteiger partial charge in [0.1, 0.15) is 11.6 Å². The first-order chi connectivity index (χ1) is 14.6. The summed E-state index contributed by atoms with van der Waals surface area (Å²) >= 11 is 12.4. The average Bonchev–Trinajstić information content (AvgIpc) is 2.67. The fraction of sp³-hybridized carbons (Fsp3) is 0.0556. The molecule has 0 radical (unpaired) electrons. The Morgan fingerprint density at radius 2 is 1.81 bits per heavy atom. The summed E-state index contributed by atoms with van der Waals surface area (Å²) in [5, 5.41) is 2.36. The van der Waals surface area contributed by atoms with E-state index in [2.05, 4.69) is 15.3 Å². The van der Waals surface area contributed by atoms with Gasteiger partial charge in [0.05, 0.1) is 22.5 Å². The highest BCUT2D eigenvalue weighted by atomic mass is 35.5. The zero-order chi connectivity index (χ0) is 22.8. The molecule has 0 bridgehead atoms.